The summed E-state index contributed by atoms with van der Waals surface area (Å²) in [5, 5.41) is 6.99. The number of aryl methyl sites for hydroxylation is 1. The third-order valence-corrected chi connectivity index (χ3v) is 4.54. The first-order valence-corrected chi connectivity index (χ1v) is 9.77. The number of hydrogen-bond acceptors (Lipinski definition) is 5. The summed E-state index contributed by atoms with van der Waals surface area (Å²) in [6.07, 6.45) is 0. The van der Waals surface area contributed by atoms with Crippen molar-refractivity contribution in [3.8, 4) is 5.75 Å². The van der Waals surface area contributed by atoms with Gasteiger partial charge in [0.25, 0.3) is 5.91 Å². The Bertz CT molecular complexity index is 1170. The van der Waals surface area contributed by atoms with Crippen molar-refractivity contribution in [2.75, 3.05) is 17.2 Å². The quantitative estimate of drug-likeness (QED) is 0.459. The third kappa shape index (κ3) is 4.38. The first-order valence-electron chi connectivity index (χ1n) is 9.77. The monoisotopic (exact) mass is 398 g/mol. The third-order valence-electron chi connectivity index (χ3n) is 4.54. The molecule has 1 amide bonds. The molecule has 1 aromatic heterocycles. The number of hydrogen-bond donors (Lipinski definition) is 2. The van der Waals surface area contributed by atoms with Crippen LogP contribution >= 0.6 is 0 Å². The number of carbonyl (C=O) groups is 1. The lowest BCUT2D eigenvalue weighted by molar-refractivity contribution is 0.101. The van der Waals surface area contributed by atoms with Crippen LogP contribution in [0.25, 0.3) is 10.9 Å². The van der Waals surface area contributed by atoms with Gasteiger partial charge >= 0.3 is 0 Å². The van der Waals surface area contributed by atoms with E-state index in [4.69, 9.17) is 4.74 Å². The summed E-state index contributed by atoms with van der Waals surface area (Å²) >= 11 is 0. The Labute approximate surface area is 175 Å². The topological polar surface area (TPSA) is 76.1 Å². The fraction of sp³-hybridized carbons (Fsp3) is 0.125. The summed E-state index contributed by atoms with van der Waals surface area (Å²) < 4.78 is 5.43. The summed E-state index contributed by atoms with van der Waals surface area (Å²) in [5.41, 5.74) is 3.40. The van der Waals surface area contributed by atoms with Gasteiger partial charge < -0.3 is 15.4 Å². The van der Waals surface area contributed by atoms with Gasteiger partial charge in [0.05, 0.1) is 12.1 Å². The van der Waals surface area contributed by atoms with Crippen LogP contribution in [0.3, 0.4) is 0 Å². The van der Waals surface area contributed by atoms with Gasteiger partial charge in [0.1, 0.15) is 11.6 Å². The predicted octanol–water partition coefficient (Wildman–Crippen LogP) is 5.33. The molecule has 1 heterocycles. The number of amides is 1. The van der Waals surface area contributed by atoms with Crippen LogP contribution in [0, 0.1) is 6.92 Å². The smallest absolute Gasteiger partial charge is 0.293 e. The highest BCUT2D eigenvalue weighted by molar-refractivity contribution is 6.04. The Morgan fingerprint density at radius 1 is 0.900 bits per heavy atom. The van der Waals surface area contributed by atoms with Crippen molar-refractivity contribution in [3.05, 3.63) is 84.2 Å². The molecule has 0 saturated carbocycles. The highest BCUT2D eigenvalue weighted by Gasteiger charge is 2.14. The van der Waals surface area contributed by atoms with Crippen LogP contribution in [0.5, 0.6) is 5.75 Å². The normalized spacial score (nSPS) is 10.6. The van der Waals surface area contributed by atoms with Crippen molar-refractivity contribution in [1.29, 1.82) is 0 Å². The van der Waals surface area contributed by atoms with Crippen molar-refractivity contribution in [2.45, 2.75) is 13.8 Å². The maximum Gasteiger partial charge on any atom is 0.293 e. The van der Waals surface area contributed by atoms with Crippen LogP contribution in [-0.4, -0.2) is 22.5 Å². The van der Waals surface area contributed by atoms with Gasteiger partial charge in [-0.3, -0.25) is 4.79 Å². The van der Waals surface area contributed by atoms with Crippen molar-refractivity contribution >= 4 is 34.0 Å². The average Bonchev–Trinajstić information content (AvgIpc) is 2.77. The predicted molar refractivity (Wildman–Crippen MR) is 120 cm³/mol. The van der Waals surface area contributed by atoms with E-state index in [0.717, 1.165) is 16.8 Å². The number of rotatable bonds is 6. The molecule has 30 heavy (non-hydrogen) atoms. The van der Waals surface area contributed by atoms with Gasteiger partial charge in [0.15, 0.2) is 0 Å². The minimum atomic E-state index is -0.378. The molecular formula is C24H22N4O2. The van der Waals surface area contributed by atoms with Crippen LogP contribution < -0.4 is 15.4 Å². The fourth-order valence-electron chi connectivity index (χ4n) is 3.04. The van der Waals surface area contributed by atoms with Crippen LogP contribution in [0.15, 0.2) is 72.8 Å². The molecule has 6 heteroatoms. The molecule has 0 aliphatic carbocycles. The second-order valence-corrected chi connectivity index (χ2v) is 6.82. The summed E-state index contributed by atoms with van der Waals surface area (Å²) in [5.74, 6) is 1.05. The lowest BCUT2D eigenvalue weighted by Gasteiger charge is -2.11. The summed E-state index contributed by atoms with van der Waals surface area (Å²) in [4.78, 5) is 21.8. The maximum absolute atomic E-state index is 12.8. The summed E-state index contributed by atoms with van der Waals surface area (Å²) in [6, 6.07) is 22.8. The molecule has 150 valence electrons. The van der Waals surface area contributed by atoms with Crippen molar-refractivity contribution in [3.63, 3.8) is 0 Å². The molecule has 4 aromatic rings. The van der Waals surface area contributed by atoms with E-state index in [1.807, 2.05) is 74.5 Å². The lowest BCUT2D eigenvalue weighted by Crippen LogP contribution is -2.16. The largest absolute Gasteiger partial charge is 0.494 e. The van der Waals surface area contributed by atoms with Crippen LogP contribution in [0.1, 0.15) is 23.1 Å². The van der Waals surface area contributed by atoms with Gasteiger partial charge in [0.2, 0.25) is 5.82 Å². The Balaban J connectivity index is 1.63. The zero-order valence-corrected chi connectivity index (χ0v) is 16.8. The van der Waals surface area contributed by atoms with Crippen molar-refractivity contribution in [1.82, 2.24) is 9.97 Å². The van der Waals surface area contributed by atoms with Gasteiger partial charge in [-0.25, -0.2) is 9.97 Å². The van der Waals surface area contributed by atoms with E-state index in [2.05, 4.69) is 20.6 Å². The van der Waals surface area contributed by atoms with Gasteiger partial charge in [-0.2, -0.15) is 0 Å². The average molecular weight is 398 g/mol. The maximum atomic E-state index is 12.8. The molecule has 0 unspecified atom stereocenters. The van der Waals surface area contributed by atoms with Gasteiger partial charge in [-0.1, -0.05) is 29.8 Å². The number of para-hydroxylation sites is 1. The summed E-state index contributed by atoms with van der Waals surface area (Å²) in [6.45, 7) is 4.55. The second-order valence-electron chi connectivity index (χ2n) is 6.82. The van der Waals surface area contributed by atoms with Crippen molar-refractivity contribution < 1.29 is 9.53 Å². The van der Waals surface area contributed by atoms with Crippen molar-refractivity contribution in [2.24, 2.45) is 0 Å². The zero-order valence-electron chi connectivity index (χ0n) is 16.8. The molecular weight excluding hydrogens is 376 g/mol. The van der Waals surface area contributed by atoms with Crippen LogP contribution in [0.4, 0.5) is 17.2 Å². The molecule has 0 radical (unpaired) electrons. The number of carbonyl (C=O) groups excluding carboxylic acids is 1. The van der Waals surface area contributed by atoms with Crippen LogP contribution in [-0.2, 0) is 0 Å². The minimum absolute atomic E-state index is 0.0946. The number of ether oxygens (including phenoxy) is 1. The molecule has 6 nitrogen and oxygen atoms in total. The standard InChI is InChI=1S/C24H22N4O2/c1-3-30-19-14-12-18(13-15-19)26-24(29)23-27-21-7-5-4-6-20(21)22(28-23)25-17-10-8-16(2)9-11-17/h4-15H,3H2,1-2H3,(H,26,29)(H,25,27,28). The Hall–Kier alpha value is -3.93. The first-order chi connectivity index (χ1) is 14.6. The van der Waals surface area contributed by atoms with E-state index >= 15 is 0 Å². The number of nitrogens with zero attached hydrogens (tertiary/aromatic N) is 2. The highest BCUT2D eigenvalue weighted by atomic mass is 16.5. The van der Waals surface area contributed by atoms with Crippen LogP contribution in [0.2, 0.25) is 0 Å². The molecule has 0 aliphatic heterocycles. The van der Waals surface area contributed by atoms with Gasteiger partial charge in [-0.05, 0) is 62.4 Å². The highest BCUT2D eigenvalue weighted by Crippen LogP contribution is 2.24. The first kappa shape index (κ1) is 19.4. The fourth-order valence-corrected chi connectivity index (χ4v) is 3.04. The number of aromatic nitrogens is 2. The van der Waals surface area contributed by atoms with E-state index in [1.165, 1.54) is 5.56 Å². The van der Waals surface area contributed by atoms with E-state index < -0.39 is 0 Å². The minimum Gasteiger partial charge on any atom is -0.494 e. The van der Waals surface area contributed by atoms with E-state index in [9.17, 15) is 4.79 Å². The molecule has 0 aliphatic rings. The molecule has 4 rings (SSSR count). The molecule has 0 fully saturated rings. The molecule has 0 bridgehead atoms. The number of anilines is 3. The number of fused-ring (bicyclic) bond motifs is 1. The van der Waals surface area contributed by atoms with E-state index in [1.54, 1.807) is 12.1 Å². The van der Waals surface area contributed by atoms with Gasteiger partial charge in [-0.15, -0.1) is 0 Å². The van der Waals surface area contributed by atoms with E-state index in [0.29, 0.717) is 23.6 Å². The Kier molecular flexibility index (Phi) is 5.57. The van der Waals surface area contributed by atoms with E-state index in [-0.39, 0.29) is 11.7 Å². The second kappa shape index (κ2) is 8.61. The SMILES string of the molecule is CCOc1ccc(NC(=O)c2nc(Nc3ccc(C)cc3)c3ccccc3n2)cc1. The molecule has 0 saturated heterocycles. The molecule has 3 aromatic carbocycles. The number of benzene rings is 3. The molecule has 2 N–H and O–H groups in total. The Morgan fingerprint density at radius 3 is 2.33 bits per heavy atom. The summed E-state index contributed by atoms with van der Waals surface area (Å²) in [7, 11) is 0. The lowest BCUT2D eigenvalue weighted by atomic mass is 10.2. The zero-order chi connectivity index (χ0) is 20.9. The molecule has 0 spiro atoms. The van der Waals surface area contributed by atoms with Gasteiger partial charge in [0, 0.05) is 16.8 Å². The number of nitrogens with one attached hydrogen (secondary N) is 2. The molecule has 0 atom stereocenters. The Morgan fingerprint density at radius 2 is 1.60 bits per heavy atom.